The Kier molecular flexibility index (Phi) is 4.15. The van der Waals surface area contributed by atoms with Gasteiger partial charge in [0.15, 0.2) is 0 Å². The van der Waals surface area contributed by atoms with E-state index in [1.807, 2.05) is 12.4 Å². The van der Waals surface area contributed by atoms with Crippen LogP contribution in [0.3, 0.4) is 0 Å². The minimum atomic E-state index is 0.510. The van der Waals surface area contributed by atoms with Gasteiger partial charge in [-0.25, -0.2) is 9.97 Å². The summed E-state index contributed by atoms with van der Waals surface area (Å²) in [5.74, 6) is 0. The lowest BCUT2D eigenvalue weighted by molar-refractivity contribution is 0.602. The lowest BCUT2D eigenvalue weighted by Crippen LogP contribution is -1.93. The van der Waals surface area contributed by atoms with Crippen molar-refractivity contribution in [1.82, 2.24) is 14.5 Å². The molecule has 2 heterocycles. The van der Waals surface area contributed by atoms with E-state index in [4.69, 9.17) is 11.6 Å². The van der Waals surface area contributed by atoms with Crippen molar-refractivity contribution in [3.63, 3.8) is 0 Å². The first-order valence-corrected chi connectivity index (χ1v) is 6.31. The Balaban J connectivity index is 2.04. The molecule has 0 spiro atoms. The molecule has 2 aromatic rings. The highest BCUT2D eigenvalue weighted by Crippen LogP contribution is 2.17. The van der Waals surface area contributed by atoms with E-state index in [2.05, 4.69) is 27.7 Å². The van der Waals surface area contributed by atoms with Crippen molar-refractivity contribution in [2.45, 2.75) is 32.7 Å². The number of aryl methyl sites for hydroxylation is 1. The SMILES string of the molecule is CCCCCn1cnc(-c2ccc(Cl)nc2)c1. The van der Waals surface area contributed by atoms with Crippen LogP contribution in [-0.2, 0) is 6.54 Å². The number of hydrogen-bond donors (Lipinski definition) is 0. The van der Waals surface area contributed by atoms with Crippen LogP contribution >= 0.6 is 11.6 Å². The fourth-order valence-electron chi connectivity index (χ4n) is 1.70. The van der Waals surface area contributed by atoms with Crippen molar-refractivity contribution in [2.75, 3.05) is 0 Å². The van der Waals surface area contributed by atoms with Gasteiger partial charge in [0.1, 0.15) is 5.15 Å². The molecule has 4 heteroatoms. The van der Waals surface area contributed by atoms with Gasteiger partial charge < -0.3 is 4.57 Å². The van der Waals surface area contributed by atoms with E-state index in [0.29, 0.717) is 5.15 Å². The maximum Gasteiger partial charge on any atom is 0.129 e. The molecule has 2 rings (SSSR count). The first-order valence-electron chi connectivity index (χ1n) is 5.93. The van der Waals surface area contributed by atoms with E-state index in [-0.39, 0.29) is 0 Å². The van der Waals surface area contributed by atoms with Gasteiger partial charge in [0.2, 0.25) is 0 Å². The van der Waals surface area contributed by atoms with Gasteiger partial charge in [-0.2, -0.15) is 0 Å². The smallest absolute Gasteiger partial charge is 0.129 e. The van der Waals surface area contributed by atoms with E-state index in [1.54, 1.807) is 12.3 Å². The topological polar surface area (TPSA) is 30.7 Å². The Labute approximate surface area is 106 Å². The summed E-state index contributed by atoms with van der Waals surface area (Å²) in [7, 11) is 0. The van der Waals surface area contributed by atoms with Crippen LogP contribution in [0.25, 0.3) is 11.3 Å². The highest BCUT2D eigenvalue weighted by Gasteiger charge is 2.02. The fraction of sp³-hybridized carbons (Fsp3) is 0.385. The molecular weight excluding hydrogens is 234 g/mol. The summed E-state index contributed by atoms with van der Waals surface area (Å²) < 4.78 is 2.12. The molecule has 2 aromatic heterocycles. The van der Waals surface area contributed by atoms with Crippen LogP contribution in [0.1, 0.15) is 26.2 Å². The van der Waals surface area contributed by atoms with Gasteiger partial charge in [0.25, 0.3) is 0 Å². The monoisotopic (exact) mass is 249 g/mol. The van der Waals surface area contributed by atoms with Gasteiger partial charge in [-0.15, -0.1) is 0 Å². The van der Waals surface area contributed by atoms with Crippen molar-refractivity contribution in [1.29, 1.82) is 0 Å². The molecular formula is C13H16ClN3. The summed E-state index contributed by atoms with van der Waals surface area (Å²) in [6.07, 6.45) is 9.38. The van der Waals surface area contributed by atoms with Gasteiger partial charge in [0.05, 0.1) is 12.0 Å². The number of aromatic nitrogens is 3. The molecule has 0 atom stereocenters. The molecule has 0 aliphatic heterocycles. The molecule has 0 amide bonds. The Morgan fingerprint density at radius 2 is 2.12 bits per heavy atom. The quantitative estimate of drug-likeness (QED) is 0.596. The van der Waals surface area contributed by atoms with Crippen LogP contribution in [0.4, 0.5) is 0 Å². The predicted molar refractivity (Wildman–Crippen MR) is 70.0 cm³/mol. The van der Waals surface area contributed by atoms with Crippen molar-refractivity contribution in [3.05, 3.63) is 36.0 Å². The van der Waals surface area contributed by atoms with Crippen molar-refractivity contribution in [3.8, 4) is 11.3 Å². The lowest BCUT2D eigenvalue weighted by Gasteiger charge is -1.99. The molecule has 0 aromatic carbocycles. The first-order chi connectivity index (χ1) is 8.29. The maximum absolute atomic E-state index is 5.75. The van der Waals surface area contributed by atoms with Crippen molar-refractivity contribution < 1.29 is 0 Å². The maximum atomic E-state index is 5.75. The Morgan fingerprint density at radius 1 is 1.24 bits per heavy atom. The van der Waals surface area contributed by atoms with Gasteiger partial charge >= 0.3 is 0 Å². The largest absolute Gasteiger partial charge is 0.337 e. The van der Waals surface area contributed by atoms with Crippen LogP contribution in [0.15, 0.2) is 30.9 Å². The van der Waals surface area contributed by atoms with E-state index in [0.717, 1.165) is 17.8 Å². The molecule has 3 nitrogen and oxygen atoms in total. The molecule has 0 N–H and O–H groups in total. The van der Waals surface area contributed by atoms with Gasteiger partial charge in [0, 0.05) is 24.5 Å². The zero-order valence-corrected chi connectivity index (χ0v) is 10.7. The third kappa shape index (κ3) is 3.30. The van der Waals surface area contributed by atoms with Gasteiger partial charge in [-0.1, -0.05) is 31.4 Å². The van der Waals surface area contributed by atoms with Crippen molar-refractivity contribution >= 4 is 11.6 Å². The summed E-state index contributed by atoms with van der Waals surface area (Å²) in [6.45, 7) is 3.24. The van der Waals surface area contributed by atoms with Gasteiger partial charge in [-0.3, -0.25) is 0 Å². The summed E-state index contributed by atoms with van der Waals surface area (Å²) in [5, 5.41) is 0.510. The number of halogens is 1. The molecule has 0 saturated heterocycles. The van der Waals surface area contributed by atoms with Crippen LogP contribution in [0, 0.1) is 0 Å². The summed E-state index contributed by atoms with van der Waals surface area (Å²) >= 11 is 5.75. The summed E-state index contributed by atoms with van der Waals surface area (Å²) in [5.41, 5.74) is 1.95. The van der Waals surface area contributed by atoms with Crippen LogP contribution in [-0.4, -0.2) is 14.5 Å². The van der Waals surface area contributed by atoms with Crippen LogP contribution in [0.5, 0.6) is 0 Å². The normalized spacial score (nSPS) is 10.7. The second-order valence-corrected chi connectivity index (χ2v) is 4.46. The number of unbranched alkanes of at least 4 members (excludes halogenated alkanes) is 2. The van der Waals surface area contributed by atoms with E-state index >= 15 is 0 Å². The average Bonchev–Trinajstić information content (AvgIpc) is 2.79. The molecule has 90 valence electrons. The molecule has 0 bridgehead atoms. The third-order valence-electron chi connectivity index (χ3n) is 2.68. The number of nitrogens with zero attached hydrogens (tertiary/aromatic N) is 3. The minimum absolute atomic E-state index is 0.510. The molecule has 0 aliphatic rings. The fourth-order valence-corrected chi connectivity index (χ4v) is 1.81. The highest BCUT2D eigenvalue weighted by molar-refractivity contribution is 6.29. The van der Waals surface area contributed by atoms with E-state index in [1.165, 1.54) is 19.3 Å². The highest BCUT2D eigenvalue weighted by atomic mass is 35.5. The molecule has 0 saturated carbocycles. The number of hydrogen-bond acceptors (Lipinski definition) is 2. The van der Waals surface area contributed by atoms with Crippen LogP contribution < -0.4 is 0 Å². The predicted octanol–water partition coefficient (Wildman–Crippen LogP) is 3.79. The third-order valence-corrected chi connectivity index (χ3v) is 2.90. The Morgan fingerprint density at radius 3 is 2.82 bits per heavy atom. The Hall–Kier alpha value is -1.35. The molecule has 0 fully saturated rings. The number of rotatable bonds is 5. The summed E-state index contributed by atoms with van der Waals surface area (Å²) in [4.78, 5) is 8.43. The first kappa shape index (κ1) is 12.1. The average molecular weight is 250 g/mol. The number of pyridine rings is 1. The van der Waals surface area contributed by atoms with Crippen molar-refractivity contribution in [2.24, 2.45) is 0 Å². The number of imidazole rings is 1. The Bertz CT molecular complexity index is 462. The molecule has 0 aliphatic carbocycles. The van der Waals surface area contributed by atoms with Gasteiger partial charge in [-0.05, 0) is 18.6 Å². The minimum Gasteiger partial charge on any atom is -0.337 e. The molecule has 17 heavy (non-hydrogen) atoms. The van der Waals surface area contributed by atoms with Crippen LogP contribution in [0.2, 0.25) is 5.15 Å². The lowest BCUT2D eigenvalue weighted by atomic mass is 10.2. The zero-order valence-electron chi connectivity index (χ0n) is 9.93. The second-order valence-electron chi connectivity index (χ2n) is 4.07. The molecule has 0 unspecified atom stereocenters. The second kappa shape index (κ2) is 5.82. The molecule has 0 radical (unpaired) electrons. The summed E-state index contributed by atoms with van der Waals surface area (Å²) in [6, 6.07) is 3.72. The van der Waals surface area contributed by atoms with E-state index in [9.17, 15) is 0 Å². The zero-order chi connectivity index (χ0) is 12.1. The standard InChI is InChI=1S/C13H16ClN3/c1-2-3-4-7-17-9-12(16-10-17)11-5-6-13(14)15-8-11/h5-6,8-10H,2-4,7H2,1H3. The van der Waals surface area contributed by atoms with E-state index < -0.39 is 0 Å².